The Morgan fingerprint density at radius 1 is 1.30 bits per heavy atom. The summed E-state index contributed by atoms with van der Waals surface area (Å²) < 4.78 is 0. The molecule has 2 amide bonds. The lowest BCUT2D eigenvalue weighted by Crippen LogP contribution is -2.43. The zero-order chi connectivity index (χ0) is 16.0. The Balaban J connectivity index is 1.46. The number of amides is 2. The molecule has 0 unspecified atom stereocenters. The van der Waals surface area contributed by atoms with Gasteiger partial charge in [-0.3, -0.25) is 9.59 Å². The van der Waals surface area contributed by atoms with Crippen molar-refractivity contribution in [2.45, 2.75) is 57.5 Å². The topological polar surface area (TPSA) is 40.6 Å². The SMILES string of the molecule is C[C@@H]1c2ccsc2CCN1C(=O)[C@@H]1CC(=O)N(C2CCCC2)C1. The molecule has 5 heteroatoms. The van der Waals surface area contributed by atoms with Gasteiger partial charge in [-0.25, -0.2) is 0 Å². The predicted octanol–water partition coefficient (Wildman–Crippen LogP) is 2.98. The maximum Gasteiger partial charge on any atom is 0.228 e. The maximum absolute atomic E-state index is 13.0. The summed E-state index contributed by atoms with van der Waals surface area (Å²) in [6.45, 7) is 3.55. The van der Waals surface area contributed by atoms with E-state index in [0.717, 1.165) is 25.8 Å². The first kappa shape index (κ1) is 15.2. The number of carbonyl (C=O) groups is 2. The highest BCUT2D eigenvalue weighted by Crippen LogP contribution is 2.36. The lowest BCUT2D eigenvalue weighted by molar-refractivity contribution is -0.138. The van der Waals surface area contributed by atoms with Gasteiger partial charge in [0.2, 0.25) is 11.8 Å². The Labute approximate surface area is 141 Å². The standard InChI is InChI=1S/C18H24N2O2S/c1-12-15-7-9-23-16(15)6-8-19(12)18(22)13-10-17(21)20(11-13)14-4-2-3-5-14/h7,9,12-14H,2-6,8,10-11H2,1H3/t12-,13-/m1/s1. The van der Waals surface area contributed by atoms with Crippen molar-refractivity contribution in [3.05, 3.63) is 21.9 Å². The monoisotopic (exact) mass is 332 g/mol. The van der Waals surface area contributed by atoms with Crippen LogP contribution in [0.1, 0.15) is 55.5 Å². The van der Waals surface area contributed by atoms with Crippen molar-refractivity contribution >= 4 is 23.2 Å². The molecule has 0 radical (unpaired) electrons. The number of carbonyl (C=O) groups excluding carboxylic acids is 2. The van der Waals surface area contributed by atoms with Crippen LogP contribution in [0.5, 0.6) is 0 Å². The largest absolute Gasteiger partial charge is 0.339 e. The molecule has 1 aliphatic carbocycles. The van der Waals surface area contributed by atoms with Crippen LogP contribution in [0.4, 0.5) is 0 Å². The summed E-state index contributed by atoms with van der Waals surface area (Å²) in [6.07, 6.45) is 6.04. The van der Waals surface area contributed by atoms with E-state index < -0.39 is 0 Å². The van der Waals surface area contributed by atoms with Gasteiger partial charge in [-0.05, 0) is 43.2 Å². The number of thiophene rings is 1. The van der Waals surface area contributed by atoms with Crippen molar-refractivity contribution in [3.8, 4) is 0 Å². The summed E-state index contributed by atoms with van der Waals surface area (Å²) in [5.41, 5.74) is 1.30. The van der Waals surface area contributed by atoms with E-state index in [1.54, 1.807) is 11.3 Å². The summed E-state index contributed by atoms with van der Waals surface area (Å²) in [5, 5.41) is 2.12. The van der Waals surface area contributed by atoms with E-state index in [2.05, 4.69) is 18.4 Å². The van der Waals surface area contributed by atoms with Gasteiger partial charge in [-0.15, -0.1) is 11.3 Å². The zero-order valence-electron chi connectivity index (χ0n) is 13.7. The van der Waals surface area contributed by atoms with Crippen molar-refractivity contribution < 1.29 is 9.59 Å². The van der Waals surface area contributed by atoms with Crippen molar-refractivity contribution in [2.75, 3.05) is 13.1 Å². The fourth-order valence-electron chi connectivity index (χ4n) is 4.51. The molecule has 0 bridgehead atoms. The molecule has 1 saturated carbocycles. The van der Waals surface area contributed by atoms with E-state index in [1.165, 1.54) is 23.3 Å². The molecule has 2 aliphatic heterocycles. The van der Waals surface area contributed by atoms with Crippen LogP contribution in [-0.2, 0) is 16.0 Å². The minimum atomic E-state index is -0.134. The fourth-order valence-corrected chi connectivity index (χ4v) is 5.47. The number of nitrogens with zero attached hydrogens (tertiary/aromatic N) is 2. The summed E-state index contributed by atoms with van der Waals surface area (Å²) >= 11 is 1.79. The summed E-state index contributed by atoms with van der Waals surface area (Å²) in [4.78, 5) is 30.8. The minimum Gasteiger partial charge on any atom is -0.339 e. The van der Waals surface area contributed by atoms with Crippen LogP contribution >= 0.6 is 11.3 Å². The second-order valence-electron chi connectivity index (χ2n) is 7.14. The molecule has 4 rings (SSSR count). The summed E-state index contributed by atoms with van der Waals surface area (Å²) in [7, 11) is 0. The highest BCUT2D eigenvalue weighted by molar-refractivity contribution is 7.10. The third-order valence-corrected chi connectivity index (χ3v) is 6.83. The highest BCUT2D eigenvalue weighted by atomic mass is 32.1. The van der Waals surface area contributed by atoms with Gasteiger partial charge >= 0.3 is 0 Å². The fraction of sp³-hybridized carbons (Fsp3) is 0.667. The van der Waals surface area contributed by atoms with Crippen LogP contribution in [0.25, 0.3) is 0 Å². The van der Waals surface area contributed by atoms with Crippen molar-refractivity contribution in [3.63, 3.8) is 0 Å². The first-order chi connectivity index (χ1) is 11.1. The number of hydrogen-bond donors (Lipinski definition) is 0. The molecule has 23 heavy (non-hydrogen) atoms. The van der Waals surface area contributed by atoms with Gasteiger partial charge in [-0.2, -0.15) is 0 Å². The molecule has 1 saturated heterocycles. The van der Waals surface area contributed by atoms with Gasteiger partial charge in [0.15, 0.2) is 0 Å². The van der Waals surface area contributed by atoms with Gasteiger partial charge < -0.3 is 9.80 Å². The number of rotatable bonds is 2. The number of fused-ring (bicyclic) bond motifs is 1. The Morgan fingerprint density at radius 2 is 2.09 bits per heavy atom. The van der Waals surface area contributed by atoms with Crippen LogP contribution in [0.3, 0.4) is 0 Å². The van der Waals surface area contributed by atoms with E-state index in [0.29, 0.717) is 19.0 Å². The van der Waals surface area contributed by atoms with Gasteiger partial charge in [0.05, 0.1) is 12.0 Å². The number of likely N-dealkylation sites (tertiary alicyclic amines) is 1. The lowest BCUT2D eigenvalue weighted by Gasteiger charge is -2.35. The molecular formula is C18H24N2O2S. The molecule has 124 valence electrons. The predicted molar refractivity (Wildman–Crippen MR) is 90.2 cm³/mol. The van der Waals surface area contributed by atoms with Gasteiger partial charge in [0.25, 0.3) is 0 Å². The van der Waals surface area contributed by atoms with Crippen LogP contribution in [0, 0.1) is 5.92 Å². The molecule has 0 spiro atoms. The van der Waals surface area contributed by atoms with E-state index in [9.17, 15) is 9.59 Å². The van der Waals surface area contributed by atoms with Crippen LogP contribution in [0.15, 0.2) is 11.4 Å². The molecular weight excluding hydrogens is 308 g/mol. The van der Waals surface area contributed by atoms with E-state index >= 15 is 0 Å². The molecule has 4 nitrogen and oxygen atoms in total. The molecule has 1 aromatic heterocycles. The summed E-state index contributed by atoms with van der Waals surface area (Å²) in [6, 6.07) is 2.69. The van der Waals surface area contributed by atoms with Crippen LogP contribution in [0.2, 0.25) is 0 Å². The summed E-state index contributed by atoms with van der Waals surface area (Å²) in [5.74, 6) is 0.241. The Bertz CT molecular complexity index is 620. The first-order valence-corrected chi connectivity index (χ1v) is 9.69. The van der Waals surface area contributed by atoms with Crippen molar-refractivity contribution in [1.29, 1.82) is 0 Å². The smallest absolute Gasteiger partial charge is 0.228 e. The third kappa shape index (κ3) is 2.59. The van der Waals surface area contributed by atoms with E-state index in [-0.39, 0.29) is 23.8 Å². The molecule has 3 aliphatic rings. The van der Waals surface area contributed by atoms with Crippen LogP contribution in [-0.4, -0.2) is 40.7 Å². The molecule has 2 fully saturated rings. The lowest BCUT2D eigenvalue weighted by atomic mass is 9.98. The third-order valence-electron chi connectivity index (χ3n) is 5.83. The normalized spacial score (nSPS) is 28.5. The Morgan fingerprint density at radius 3 is 2.87 bits per heavy atom. The van der Waals surface area contributed by atoms with Crippen molar-refractivity contribution in [2.24, 2.45) is 5.92 Å². The zero-order valence-corrected chi connectivity index (χ0v) is 14.5. The van der Waals surface area contributed by atoms with Gasteiger partial charge in [0, 0.05) is 30.4 Å². The second kappa shape index (κ2) is 5.93. The molecule has 0 N–H and O–H groups in total. The maximum atomic E-state index is 13.0. The molecule has 3 heterocycles. The minimum absolute atomic E-state index is 0.134. The molecule has 1 aromatic rings. The van der Waals surface area contributed by atoms with E-state index in [4.69, 9.17) is 0 Å². The number of hydrogen-bond acceptors (Lipinski definition) is 3. The first-order valence-electron chi connectivity index (χ1n) is 8.81. The second-order valence-corrected chi connectivity index (χ2v) is 8.14. The highest BCUT2D eigenvalue weighted by Gasteiger charge is 2.41. The van der Waals surface area contributed by atoms with E-state index in [1.807, 2.05) is 9.80 Å². The van der Waals surface area contributed by atoms with Crippen LogP contribution < -0.4 is 0 Å². The Hall–Kier alpha value is -1.36. The van der Waals surface area contributed by atoms with Gasteiger partial charge in [0.1, 0.15) is 0 Å². The van der Waals surface area contributed by atoms with Crippen molar-refractivity contribution in [1.82, 2.24) is 9.80 Å². The molecule has 2 atom stereocenters. The molecule has 0 aromatic carbocycles. The Kier molecular flexibility index (Phi) is 3.92. The average molecular weight is 332 g/mol. The quantitative estimate of drug-likeness (QED) is 0.835. The van der Waals surface area contributed by atoms with Gasteiger partial charge in [-0.1, -0.05) is 12.8 Å². The average Bonchev–Trinajstić information content (AvgIpc) is 3.27.